The molecular formula is C15H18N4OS. The molecule has 21 heavy (non-hydrogen) atoms. The van der Waals surface area contributed by atoms with Gasteiger partial charge < -0.3 is 5.32 Å². The average Bonchev–Trinajstić information content (AvgIpc) is 2.97. The molecule has 1 saturated heterocycles. The molecule has 0 aliphatic carbocycles. The molecule has 0 atom stereocenters. The first kappa shape index (κ1) is 14.2. The van der Waals surface area contributed by atoms with Crippen LogP contribution < -0.4 is 10.6 Å². The van der Waals surface area contributed by atoms with Gasteiger partial charge in [-0.05, 0) is 45.0 Å². The predicted octanol–water partition coefficient (Wildman–Crippen LogP) is 2.57. The Labute approximate surface area is 127 Å². The lowest BCUT2D eigenvalue weighted by Gasteiger charge is -2.19. The van der Waals surface area contributed by atoms with Crippen molar-refractivity contribution in [1.82, 2.24) is 15.5 Å². The summed E-state index contributed by atoms with van der Waals surface area (Å²) < 4.78 is 0. The Kier molecular flexibility index (Phi) is 4.26. The second-order valence-corrected chi connectivity index (χ2v) is 6.30. The predicted molar refractivity (Wildman–Crippen MR) is 83.9 cm³/mol. The molecule has 0 bridgehead atoms. The summed E-state index contributed by atoms with van der Waals surface area (Å²) in [4.78, 5) is 12.2. The molecule has 2 heterocycles. The highest BCUT2D eigenvalue weighted by molar-refractivity contribution is 7.15. The number of piperidine rings is 1. The van der Waals surface area contributed by atoms with Crippen LogP contribution in [0, 0.1) is 6.92 Å². The number of anilines is 1. The fraction of sp³-hybridized carbons (Fsp3) is 0.400. The van der Waals surface area contributed by atoms with Crippen LogP contribution in [0.15, 0.2) is 24.3 Å². The van der Waals surface area contributed by atoms with Gasteiger partial charge in [0.2, 0.25) is 5.13 Å². The molecule has 1 fully saturated rings. The molecule has 2 aromatic rings. The summed E-state index contributed by atoms with van der Waals surface area (Å²) in [7, 11) is 0. The highest BCUT2D eigenvalue weighted by atomic mass is 32.1. The largest absolute Gasteiger partial charge is 0.317 e. The number of carbonyl (C=O) groups excluding carboxylic acids is 1. The van der Waals surface area contributed by atoms with Gasteiger partial charge in [0.05, 0.1) is 0 Å². The van der Waals surface area contributed by atoms with E-state index in [1.165, 1.54) is 11.3 Å². The smallest absolute Gasteiger partial charge is 0.257 e. The molecule has 110 valence electrons. The Morgan fingerprint density at radius 3 is 2.90 bits per heavy atom. The van der Waals surface area contributed by atoms with Crippen LogP contribution in [0.1, 0.15) is 39.7 Å². The van der Waals surface area contributed by atoms with E-state index in [9.17, 15) is 4.79 Å². The highest BCUT2D eigenvalue weighted by Crippen LogP contribution is 2.29. The van der Waals surface area contributed by atoms with E-state index in [2.05, 4.69) is 20.8 Å². The minimum absolute atomic E-state index is 0.133. The van der Waals surface area contributed by atoms with Gasteiger partial charge in [-0.15, -0.1) is 10.2 Å². The van der Waals surface area contributed by atoms with Crippen molar-refractivity contribution < 1.29 is 4.79 Å². The minimum Gasteiger partial charge on any atom is -0.317 e. The first-order valence-corrected chi connectivity index (χ1v) is 7.96. The Morgan fingerprint density at radius 2 is 2.14 bits per heavy atom. The molecule has 0 saturated carbocycles. The molecule has 1 aromatic heterocycles. The van der Waals surface area contributed by atoms with E-state index in [1.54, 1.807) is 6.07 Å². The van der Waals surface area contributed by atoms with Crippen LogP contribution in [-0.4, -0.2) is 29.2 Å². The summed E-state index contributed by atoms with van der Waals surface area (Å²) in [6.07, 6.45) is 2.17. The molecule has 6 heteroatoms. The Balaban J connectivity index is 1.68. The van der Waals surface area contributed by atoms with E-state index in [4.69, 9.17) is 0 Å². The normalized spacial score (nSPS) is 15.9. The number of carbonyl (C=O) groups is 1. The van der Waals surface area contributed by atoms with Crippen molar-refractivity contribution in [3.63, 3.8) is 0 Å². The average molecular weight is 302 g/mol. The lowest BCUT2D eigenvalue weighted by atomic mass is 9.99. The first-order valence-electron chi connectivity index (χ1n) is 7.14. The maximum absolute atomic E-state index is 12.2. The van der Waals surface area contributed by atoms with Gasteiger partial charge >= 0.3 is 0 Å². The molecule has 1 aliphatic rings. The zero-order chi connectivity index (χ0) is 14.7. The van der Waals surface area contributed by atoms with E-state index >= 15 is 0 Å². The quantitative estimate of drug-likeness (QED) is 0.914. The minimum atomic E-state index is -0.133. The molecule has 0 radical (unpaired) electrons. The Hall–Kier alpha value is -1.79. The van der Waals surface area contributed by atoms with E-state index in [0.717, 1.165) is 36.5 Å². The maximum Gasteiger partial charge on any atom is 0.257 e. The van der Waals surface area contributed by atoms with Crippen molar-refractivity contribution >= 4 is 22.4 Å². The van der Waals surface area contributed by atoms with Crippen LogP contribution in [0.5, 0.6) is 0 Å². The molecule has 0 spiro atoms. The molecule has 0 unspecified atom stereocenters. The summed E-state index contributed by atoms with van der Waals surface area (Å²) in [6, 6.07) is 7.52. The second kappa shape index (κ2) is 6.32. The zero-order valence-electron chi connectivity index (χ0n) is 11.9. The molecule has 2 N–H and O–H groups in total. The van der Waals surface area contributed by atoms with Gasteiger partial charge in [0, 0.05) is 11.5 Å². The standard InChI is InChI=1S/C15H18N4OS/c1-10-3-2-4-12(9-10)13(20)17-15-19-18-14(21-15)11-5-7-16-8-6-11/h2-4,9,11,16H,5-8H2,1H3,(H,17,19,20). The molecule has 1 aromatic carbocycles. The second-order valence-electron chi connectivity index (χ2n) is 5.29. The Morgan fingerprint density at radius 1 is 1.33 bits per heavy atom. The van der Waals surface area contributed by atoms with Crippen molar-refractivity contribution in [3.8, 4) is 0 Å². The number of nitrogens with one attached hydrogen (secondary N) is 2. The van der Waals surface area contributed by atoms with Crippen molar-refractivity contribution in [2.45, 2.75) is 25.7 Å². The van der Waals surface area contributed by atoms with Crippen molar-refractivity contribution in [3.05, 3.63) is 40.4 Å². The third kappa shape index (κ3) is 3.46. The van der Waals surface area contributed by atoms with Crippen molar-refractivity contribution in [2.24, 2.45) is 0 Å². The third-order valence-electron chi connectivity index (χ3n) is 3.63. The van der Waals surface area contributed by atoms with Crippen LogP contribution >= 0.6 is 11.3 Å². The summed E-state index contributed by atoms with van der Waals surface area (Å²) >= 11 is 1.48. The van der Waals surface area contributed by atoms with E-state index in [0.29, 0.717) is 16.6 Å². The lowest BCUT2D eigenvalue weighted by molar-refractivity contribution is 0.102. The molecular weight excluding hydrogens is 284 g/mol. The van der Waals surface area contributed by atoms with E-state index < -0.39 is 0 Å². The van der Waals surface area contributed by atoms with Gasteiger partial charge in [0.15, 0.2) is 0 Å². The number of aryl methyl sites for hydroxylation is 1. The van der Waals surface area contributed by atoms with Gasteiger partial charge in [-0.2, -0.15) is 0 Å². The number of nitrogens with zero attached hydrogens (tertiary/aromatic N) is 2. The summed E-state index contributed by atoms with van der Waals surface area (Å²) in [5, 5.41) is 16.1. The van der Waals surface area contributed by atoms with Gasteiger partial charge in [-0.3, -0.25) is 10.1 Å². The van der Waals surface area contributed by atoms with Crippen molar-refractivity contribution in [1.29, 1.82) is 0 Å². The molecule has 5 nitrogen and oxygen atoms in total. The summed E-state index contributed by atoms with van der Waals surface area (Å²) in [5.41, 5.74) is 1.71. The van der Waals surface area contributed by atoms with Crippen LogP contribution in [0.25, 0.3) is 0 Å². The summed E-state index contributed by atoms with van der Waals surface area (Å²) in [6.45, 7) is 4.02. The zero-order valence-corrected chi connectivity index (χ0v) is 12.7. The Bertz CT molecular complexity index is 634. The van der Waals surface area contributed by atoms with Gasteiger partial charge in [0.25, 0.3) is 5.91 Å². The molecule has 3 rings (SSSR count). The van der Waals surface area contributed by atoms with Gasteiger partial charge in [0.1, 0.15) is 5.01 Å². The van der Waals surface area contributed by atoms with E-state index in [1.807, 2.05) is 25.1 Å². The maximum atomic E-state index is 12.2. The number of benzene rings is 1. The fourth-order valence-corrected chi connectivity index (χ4v) is 3.38. The molecule has 1 amide bonds. The third-order valence-corrected chi connectivity index (χ3v) is 4.63. The highest BCUT2D eigenvalue weighted by Gasteiger charge is 2.20. The lowest BCUT2D eigenvalue weighted by Crippen LogP contribution is -2.26. The first-order chi connectivity index (χ1) is 10.2. The monoisotopic (exact) mass is 302 g/mol. The topological polar surface area (TPSA) is 66.9 Å². The van der Waals surface area contributed by atoms with E-state index in [-0.39, 0.29) is 5.91 Å². The molecule has 1 aliphatic heterocycles. The SMILES string of the molecule is Cc1cccc(C(=O)Nc2nnc(C3CCNCC3)s2)c1. The van der Waals surface area contributed by atoms with Crippen molar-refractivity contribution in [2.75, 3.05) is 18.4 Å². The number of aromatic nitrogens is 2. The van der Waals surface area contributed by atoms with Crippen LogP contribution in [0.4, 0.5) is 5.13 Å². The number of rotatable bonds is 3. The van der Waals surface area contributed by atoms with Gasteiger partial charge in [-0.1, -0.05) is 29.0 Å². The summed E-state index contributed by atoms with van der Waals surface area (Å²) in [5.74, 6) is 0.333. The number of hydrogen-bond donors (Lipinski definition) is 2. The van der Waals surface area contributed by atoms with Crippen LogP contribution in [0.3, 0.4) is 0 Å². The number of amides is 1. The number of hydrogen-bond acceptors (Lipinski definition) is 5. The van der Waals surface area contributed by atoms with Crippen LogP contribution in [-0.2, 0) is 0 Å². The van der Waals surface area contributed by atoms with Crippen LogP contribution in [0.2, 0.25) is 0 Å². The van der Waals surface area contributed by atoms with Gasteiger partial charge in [-0.25, -0.2) is 0 Å². The fourth-order valence-electron chi connectivity index (χ4n) is 2.47.